The highest BCUT2D eigenvalue weighted by atomic mass is 15.1. The van der Waals surface area contributed by atoms with Gasteiger partial charge in [-0.3, -0.25) is 0 Å². The van der Waals surface area contributed by atoms with Crippen molar-refractivity contribution in [2.45, 2.75) is 32.7 Å². The van der Waals surface area contributed by atoms with Gasteiger partial charge in [-0.05, 0) is 32.4 Å². The summed E-state index contributed by atoms with van der Waals surface area (Å²) >= 11 is 0. The van der Waals surface area contributed by atoms with Gasteiger partial charge in [-0.15, -0.1) is 0 Å². The molecular formula is C12H19N3. The molecule has 1 aromatic rings. The topological polar surface area (TPSA) is 50.4 Å². The first kappa shape index (κ1) is 11.6. The van der Waals surface area contributed by atoms with Gasteiger partial charge in [0.05, 0.1) is 5.54 Å². The van der Waals surface area contributed by atoms with Crippen LogP contribution in [0.25, 0.3) is 0 Å². The van der Waals surface area contributed by atoms with Crippen LogP contribution >= 0.6 is 0 Å². The summed E-state index contributed by atoms with van der Waals surface area (Å²) in [5.41, 5.74) is 6.66. The zero-order chi connectivity index (χ0) is 11.3. The summed E-state index contributed by atoms with van der Waals surface area (Å²) < 4.78 is 0. The largest absolute Gasteiger partial charge is 0.370 e. The van der Waals surface area contributed by atoms with Gasteiger partial charge in [-0.2, -0.15) is 0 Å². The average Bonchev–Trinajstić information content (AvgIpc) is 2.18. The van der Waals surface area contributed by atoms with Crippen molar-refractivity contribution < 1.29 is 0 Å². The highest BCUT2D eigenvalue weighted by molar-refractivity contribution is 5.92. The fraction of sp³-hybridized carbons (Fsp3) is 0.417. The van der Waals surface area contributed by atoms with Crippen LogP contribution in [-0.2, 0) is 0 Å². The number of aliphatic imine (C=N–C) groups is 1. The first-order valence-electron chi connectivity index (χ1n) is 5.21. The molecule has 15 heavy (non-hydrogen) atoms. The normalized spacial score (nSPS) is 12.6. The molecule has 0 bridgehead atoms. The molecule has 3 nitrogen and oxygen atoms in total. The monoisotopic (exact) mass is 205 g/mol. The van der Waals surface area contributed by atoms with Gasteiger partial charge in [0.25, 0.3) is 0 Å². The van der Waals surface area contributed by atoms with E-state index in [9.17, 15) is 0 Å². The maximum Gasteiger partial charge on any atom is 0.193 e. The fourth-order valence-electron chi connectivity index (χ4n) is 1.10. The molecule has 0 aliphatic heterocycles. The van der Waals surface area contributed by atoms with Crippen molar-refractivity contribution in [2.24, 2.45) is 10.7 Å². The lowest BCUT2D eigenvalue weighted by molar-refractivity contribution is 0.504. The van der Waals surface area contributed by atoms with E-state index in [0.717, 1.165) is 12.1 Å². The van der Waals surface area contributed by atoms with Gasteiger partial charge < -0.3 is 11.1 Å². The van der Waals surface area contributed by atoms with Gasteiger partial charge in [-0.25, -0.2) is 4.99 Å². The standard InChI is InChI=1S/C12H19N3/c1-4-12(2,3)15-11(13)14-10-8-6-5-7-9-10/h5-9H,4H2,1-3H3,(H3,13,14,15). The van der Waals surface area contributed by atoms with E-state index < -0.39 is 0 Å². The van der Waals surface area contributed by atoms with Gasteiger partial charge in [0.2, 0.25) is 0 Å². The SMILES string of the molecule is CCC(C)(C)N=C(N)Nc1ccccc1. The maximum absolute atomic E-state index is 5.81. The third-order valence-electron chi connectivity index (χ3n) is 2.33. The highest BCUT2D eigenvalue weighted by Crippen LogP contribution is 2.13. The highest BCUT2D eigenvalue weighted by Gasteiger charge is 2.13. The van der Waals surface area contributed by atoms with Crippen LogP contribution in [0.5, 0.6) is 0 Å². The molecule has 0 aromatic heterocycles. The van der Waals surface area contributed by atoms with Crippen LogP contribution in [0.2, 0.25) is 0 Å². The molecule has 0 spiro atoms. The van der Waals surface area contributed by atoms with Gasteiger partial charge in [0, 0.05) is 5.69 Å². The van der Waals surface area contributed by atoms with E-state index in [4.69, 9.17) is 5.73 Å². The van der Waals surface area contributed by atoms with E-state index in [1.54, 1.807) is 0 Å². The third-order valence-corrected chi connectivity index (χ3v) is 2.33. The zero-order valence-corrected chi connectivity index (χ0v) is 9.62. The second kappa shape index (κ2) is 4.82. The van der Waals surface area contributed by atoms with Crippen LogP contribution in [0.4, 0.5) is 5.69 Å². The van der Waals surface area contributed by atoms with Crippen LogP contribution in [0.15, 0.2) is 35.3 Å². The Hall–Kier alpha value is -1.51. The summed E-state index contributed by atoms with van der Waals surface area (Å²) in [4.78, 5) is 4.41. The molecule has 0 saturated carbocycles. The number of anilines is 1. The first-order chi connectivity index (χ1) is 7.03. The zero-order valence-electron chi connectivity index (χ0n) is 9.62. The number of hydrogen-bond donors (Lipinski definition) is 2. The maximum atomic E-state index is 5.81. The van der Waals surface area contributed by atoms with Crippen molar-refractivity contribution in [3.8, 4) is 0 Å². The van der Waals surface area contributed by atoms with Crippen molar-refractivity contribution in [1.29, 1.82) is 0 Å². The fourth-order valence-corrected chi connectivity index (χ4v) is 1.10. The Balaban J connectivity index is 2.67. The summed E-state index contributed by atoms with van der Waals surface area (Å²) in [5, 5.41) is 3.06. The number of hydrogen-bond acceptors (Lipinski definition) is 1. The molecule has 1 rings (SSSR count). The molecular weight excluding hydrogens is 186 g/mol. The Bertz CT molecular complexity index is 328. The number of nitrogens with one attached hydrogen (secondary N) is 1. The second-order valence-electron chi connectivity index (χ2n) is 4.15. The lowest BCUT2D eigenvalue weighted by Crippen LogP contribution is -2.28. The van der Waals surface area contributed by atoms with Crippen LogP contribution in [0.3, 0.4) is 0 Å². The first-order valence-corrected chi connectivity index (χ1v) is 5.21. The minimum Gasteiger partial charge on any atom is -0.370 e. The van der Waals surface area contributed by atoms with E-state index in [2.05, 4.69) is 31.1 Å². The minimum atomic E-state index is -0.105. The Labute approximate surface area is 91.4 Å². The molecule has 0 unspecified atom stereocenters. The number of nitrogens with two attached hydrogens (primary N) is 1. The van der Waals surface area contributed by atoms with Crippen LogP contribution in [0.1, 0.15) is 27.2 Å². The molecule has 0 fully saturated rings. The molecule has 0 amide bonds. The van der Waals surface area contributed by atoms with E-state index in [1.807, 2.05) is 30.3 Å². The molecule has 3 N–H and O–H groups in total. The average molecular weight is 205 g/mol. The quantitative estimate of drug-likeness (QED) is 0.588. The van der Waals surface area contributed by atoms with Crippen molar-refractivity contribution in [3.63, 3.8) is 0 Å². The summed E-state index contributed by atoms with van der Waals surface area (Å²) in [6.45, 7) is 6.22. The van der Waals surface area contributed by atoms with Crippen LogP contribution < -0.4 is 11.1 Å². The number of rotatable bonds is 3. The molecule has 0 aliphatic rings. The predicted octanol–water partition coefficient (Wildman–Crippen LogP) is 2.60. The van der Waals surface area contributed by atoms with E-state index in [-0.39, 0.29) is 5.54 Å². The van der Waals surface area contributed by atoms with Crippen molar-refractivity contribution in [2.75, 3.05) is 5.32 Å². The number of para-hydroxylation sites is 1. The molecule has 0 saturated heterocycles. The predicted molar refractivity (Wildman–Crippen MR) is 66.1 cm³/mol. The molecule has 82 valence electrons. The van der Waals surface area contributed by atoms with Crippen LogP contribution in [0, 0.1) is 0 Å². The van der Waals surface area contributed by atoms with Gasteiger partial charge in [0.1, 0.15) is 0 Å². The summed E-state index contributed by atoms with van der Waals surface area (Å²) in [6, 6.07) is 9.80. The van der Waals surface area contributed by atoms with Gasteiger partial charge in [0.15, 0.2) is 5.96 Å². The molecule has 0 heterocycles. The van der Waals surface area contributed by atoms with Crippen LogP contribution in [-0.4, -0.2) is 11.5 Å². The Morgan fingerprint density at radius 2 is 1.93 bits per heavy atom. The van der Waals surface area contributed by atoms with E-state index in [0.29, 0.717) is 5.96 Å². The second-order valence-corrected chi connectivity index (χ2v) is 4.15. The number of guanidine groups is 1. The summed E-state index contributed by atoms with van der Waals surface area (Å²) in [6.07, 6.45) is 0.962. The summed E-state index contributed by atoms with van der Waals surface area (Å²) in [7, 11) is 0. The van der Waals surface area contributed by atoms with E-state index >= 15 is 0 Å². The van der Waals surface area contributed by atoms with E-state index in [1.165, 1.54) is 0 Å². The van der Waals surface area contributed by atoms with Crippen molar-refractivity contribution in [1.82, 2.24) is 0 Å². The lowest BCUT2D eigenvalue weighted by atomic mass is 10.0. The molecule has 1 aromatic carbocycles. The number of benzene rings is 1. The molecule has 0 aliphatic carbocycles. The summed E-state index contributed by atoms with van der Waals surface area (Å²) in [5.74, 6) is 0.466. The Morgan fingerprint density at radius 3 is 2.47 bits per heavy atom. The smallest absolute Gasteiger partial charge is 0.193 e. The Morgan fingerprint density at radius 1 is 1.33 bits per heavy atom. The van der Waals surface area contributed by atoms with Gasteiger partial charge in [-0.1, -0.05) is 25.1 Å². The van der Waals surface area contributed by atoms with Gasteiger partial charge >= 0.3 is 0 Å². The Kier molecular flexibility index (Phi) is 3.72. The third kappa shape index (κ3) is 4.02. The molecule has 0 radical (unpaired) electrons. The molecule has 0 atom stereocenters. The van der Waals surface area contributed by atoms with Crippen molar-refractivity contribution in [3.05, 3.63) is 30.3 Å². The lowest BCUT2D eigenvalue weighted by Gasteiger charge is -2.18. The number of nitrogens with zero attached hydrogens (tertiary/aromatic N) is 1. The molecule has 3 heteroatoms. The minimum absolute atomic E-state index is 0.105. The van der Waals surface area contributed by atoms with Crippen molar-refractivity contribution >= 4 is 11.6 Å².